The van der Waals surface area contributed by atoms with Gasteiger partial charge in [-0.25, -0.2) is 5.11 Å². The standard InChI is InChI=1S/C9H11O2/c1-7(11)9-4-2-3-8(5-9)6-10/h2-5,7,11H,6H2,1H3. The van der Waals surface area contributed by atoms with E-state index in [2.05, 4.69) is 0 Å². The third-order valence-corrected chi connectivity index (χ3v) is 1.60. The fourth-order valence-electron chi connectivity index (χ4n) is 0.943. The molecule has 0 bridgehead atoms. The smallest absolute Gasteiger partial charge is 0.107 e. The lowest BCUT2D eigenvalue weighted by atomic mass is 10.1. The maximum absolute atomic E-state index is 10.4. The maximum atomic E-state index is 10.4. The quantitative estimate of drug-likeness (QED) is 0.686. The van der Waals surface area contributed by atoms with Gasteiger partial charge in [0.05, 0.1) is 6.10 Å². The summed E-state index contributed by atoms with van der Waals surface area (Å²) in [6, 6.07) is 7.09. The molecule has 11 heavy (non-hydrogen) atoms. The third-order valence-electron chi connectivity index (χ3n) is 1.60. The molecule has 1 aromatic rings. The molecule has 1 rings (SSSR count). The average molecular weight is 151 g/mol. The lowest BCUT2D eigenvalue weighted by Gasteiger charge is -2.04. The zero-order chi connectivity index (χ0) is 8.27. The Morgan fingerprint density at radius 3 is 2.82 bits per heavy atom. The van der Waals surface area contributed by atoms with Crippen LogP contribution in [0.15, 0.2) is 24.3 Å². The summed E-state index contributed by atoms with van der Waals surface area (Å²) in [6.07, 6.45) is -0.485. The van der Waals surface area contributed by atoms with Gasteiger partial charge in [0.15, 0.2) is 0 Å². The Morgan fingerprint density at radius 2 is 2.27 bits per heavy atom. The topological polar surface area (TPSA) is 40.1 Å². The molecule has 0 aromatic heterocycles. The van der Waals surface area contributed by atoms with Crippen molar-refractivity contribution < 1.29 is 10.2 Å². The van der Waals surface area contributed by atoms with Gasteiger partial charge in [0, 0.05) is 0 Å². The van der Waals surface area contributed by atoms with Crippen LogP contribution in [0.25, 0.3) is 0 Å². The summed E-state index contributed by atoms with van der Waals surface area (Å²) in [5, 5.41) is 19.6. The van der Waals surface area contributed by atoms with E-state index in [1.807, 2.05) is 6.07 Å². The van der Waals surface area contributed by atoms with E-state index in [0.717, 1.165) is 11.1 Å². The Balaban J connectivity index is 2.91. The molecule has 59 valence electrons. The second-order valence-corrected chi connectivity index (χ2v) is 2.57. The van der Waals surface area contributed by atoms with E-state index in [9.17, 15) is 5.11 Å². The molecule has 0 aliphatic carbocycles. The van der Waals surface area contributed by atoms with E-state index in [0.29, 0.717) is 0 Å². The zero-order valence-electron chi connectivity index (χ0n) is 6.45. The first kappa shape index (κ1) is 8.24. The van der Waals surface area contributed by atoms with E-state index in [4.69, 9.17) is 5.11 Å². The molecule has 0 saturated heterocycles. The zero-order valence-corrected chi connectivity index (χ0v) is 6.45. The number of aliphatic hydroxyl groups excluding tert-OH is 1. The predicted octanol–water partition coefficient (Wildman–Crippen LogP) is 1.67. The Labute approximate surface area is 66.1 Å². The van der Waals surface area contributed by atoms with Crippen LogP contribution in [0.2, 0.25) is 0 Å². The summed E-state index contributed by atoms with van der Waals surface area (Å²) < 4.78 is 0. The first-order chi connectivity index (χ1) is 5.24. The highest BCUT2D eigenvalue weighted by Gasteiger charge is 2.00. The number of hydrogen-bond donors (Lipinski definition) is 1. The molecule has 0 spiro atoms. The van der Waals surface area contributed by atoms with Crippen molar-refractivity contribution in [3.63, 3.8) is 0 Å². The number of benzene rings is 1. The van der Waals surface area contributed by atoms with Crippen LogP contribution in [-0.2, 0) is 11.7 Å². The van der Waals surface area contributed by atoms with Crippen LogP contribution >= 0.6 is 0 Å². The van der Waals surface area contributed by atoms with Crippen molar-refractivity contribution in [2.45, 2.75) is 19.6 Å². The van der Waals surface area contributed by atoms with Crippen LogP contribution in [0, 0.1) is 0 Å². The van der Waals surface area contributed by atoms with Crippen molar-refractivity contribution >= 4 is 0 Å². The van der Waals surface area contributed by atoms with Crippen molar-refractivity contribution in [2.75, 3.05) is 0 Å². The van der Waals surface area contributed by atoms with Gasteiger partial charge in [0.25, 0.3) is 0 Å². The first-order valence-electron chi connectivity index (χ1n) is 3.59. The summed E-state index contributed by atoms with van der Waals surface area (Å²) in [6.45, 7) is 1.46. The highest BCUT2D eigenvalue weighted by atomic mass is 16.3. The highest BCUT2D eigenvalue weighted by molar-refractivity contribution is 5.24. The average Bonchev–Trinajstić information content (AvgIpc) is 2.05. The van der Waals surface area contributed by atoms with Gasteiger partial charge in [-0.15, -0.1) is 0 Å². The molecule has 0 aliphatic heterocycles. The first-order valence-corrected chi connectivity index (χ1v) is 3.59. The van der Waals surface area contributed by atoms with Crippen molar-refractivity contribution in [1.29, 1.82) is 0 Å². The van der Waals surface area contributed by atoms with E-state index < -0.39 is 6.10 Å². The lowest BCUT2D eigenvalue weighted by Crippen LogP contribution is -1.92. The molecule has 1 radical (unpaired) electrons. The Morgan fingerprint density at radius 1 is 1.55 bits per heavy atom. The van der Waals surface area contributed by atoms with Gasteiger partial charge < -0.3 is 5.11 Å². The molecule has 1 aromatic carbocycles. The largest absolute Gasteiger partial charge is 0.389 e. The summed E-state index contributed by atoms with van der Waals surface area (Å²) >= 11 is 0. The molecule has 0 amide bonds. The summed E-state index contributed by atoms with van der Waals surface area (Å²) in [4.78, 5) is 0. The Bertz CT molecular complexity index is 231. The van der Waals surface area contributed by atoms with E-state index in [1.165, 1.54) is 0 Å². The minimum absolute atomic E-state index is 0.222. The molecule has 0 heterocycles. The lowest BCUT2D eigenvalue weighted by molar-refractivity contribution is 0.176. The monoisotopic (exact) mass is 151 g/mol. The molecule has 0 fully saturated rings. The van der Waals surface area contributed by atoms with Gasteiger partial charge in [-0.1, -0.05) is 24.3 Å². The van der Waals surface area contributed by atoms with Crippen LogP contribution < -0.4 is 0 Å². The minimum Gasteiger partial charge on any atom is -0.389 e. The van der Waals surface area contributed by atoms with Gasteiger partial charge in [-0.2, -0.15) is 0 Å². The van der Waals surface area contributed by atoms with E-state index in [-0.39, 0.29) is 6.61 Å². The van der Waals surface area contributed by atoms with Gasteiger partial charge in [-0.3, -0.25) is 0 Å². The van der Waals surface area contributed by atoms with Crippen LogP contribution in [-0.4, -0.2) is 5.11 Å². The van der Waals surface area contributed by atoms with Crippen molar-refractivity contribution in [2.24, 2.45) is 0 Å². The summed E-state index contributed by atoms with van der Waals surface area (Å²) in [5.41, 5.74) is 1.53. The molecule has 0 aliphatic rings. The second kappa shape index (κ2) is 3.51. The molecular formula is C9H11O2. The SMILES string of the molecule is CC(O)c1cccc(C[O])c1. The van der Waals surface area contributed by atoms with Crippen molar-refractivity contribution in [3.05, 3.63) is 35.4 Å². The van der Waals surface area contributed by atoms with Crippen LogP contribution in [0.3, 0.4) is 0 Å². The number of hydrogen-bond acceptors (Lipinski definition) is 1. The van der Waals surface area contributed by atoms with Crippen molar-refractivity contribution in [1.82, 2.24) is 0 Å². The second-order valence-electron chi connectivity index (χ2n) is 2.57. The van der Waals surface area contributed by atoms with Crippen LogP contribution in [0.4, 0.5) is 0 Å². The van der Waals surface area contributed by atoms with Gasteiger partial charge >= 0.3 is 0 Å². The highest BCUT2D eigenvalue weighted by Crippen LogP contribution is 2.13. The van der Waals surface area contributed by atoms with Crippen LogP contribution in [0.5, 0.6) is 0 Å². The molecule has 1 N–H and O–H groups in total. The van der Waals surface area contributed by atoms with Gasteiger partial charge in [0.2, 0.25) is 0 Å². The van der Waals surface area contributed by atoms with E-state index in [1.54, 1.807) is 25.1 Å². The molecule has 2 nitrogen and oxygen atoms in total. The van der Waals surface area contributed by atoms with E-state index >= 15 is 0 Å². The summed E-state index contributed by atoms with van der Waals surface area (Å²) in [7, 11) is 0. The fourth-order valence-corrected chi connectivity index (χ4v) is 0.943. The van der Waals surface area contributed by atoms with Gasteiger partial charge in [0.1, 0.15) is 6.61 Å². The number of rotatable bonds is 2. The Kier molecular flexibility index (Phi) is 2.63. The van der Waals surface area contributed by atoms with Gasteiger partial charge in [-0.05, 0) is 18.1 Å². The van der Waals surface area contributed by atoms with Crippen LogP contribution in [0.1, 0.15) is 24.2 Å². The third kappa shape index (κ3) is 2.03. The molecule has 2 heteroatoms. The fraction of sp³-hybridized carbons (Fsp3) is 0.333. The normalized spacial score (nSPS) is 13.0. The molecule has 1 unspecified atom stereocenters. The molecular weight excluding hydrogens is 140 g/mol. The predicted molar refractivity (Wildman–Crippen MR) is 41.5 cm³/mol. The minimum atomic E-state index is -0.485. The number of aliphatic hydroxyl groups is 1. The van der Waals surface area contributed by atoms with Crippen molar-refractivity contribution in [3.8, 4) is 0 Å². The maximum Gasteiger partial charge on any atom is 0.107 e. The Hall–Kier alpha value is -0.860. The molecule has 1 atom stereocenters. The summed E-state index contributed by atoms with van der Waals surface area (Å²) in [5.74, 6) is 0. The molecule has 0 saturated carbocycles.